The molecule has 0 aliphatic carbocycles. The molecule has 0 heterocycles. The highest BCUT2D eigenvalue weighted by Crippen LogP contribution is 2.23. The smallest absolute Gasteiger partial charge is 0.340 e. The maximum Gasteiger partial charge on any atom is 0.340 e. The number of hydrogen-bond acceptors (Lipinski definition) is 6. The Labute approximate surface area is 157 Å². The molecule has 0 unspecified atom stereocenters. The largest absolute Gasteiger partial charge is 0.495 e. The summed E-state index contributed by atoms with van der Waals surface area (Å²) >= 11 is 0. The second-order valence-corrected chi connectivity index (χ2v) is 5.23. The summed E-state index contributed by atoms with van der Waals surface area (Å²) in [6.45, 7) is 1.91. The summed E-state index contributed by atoms with van der Waals surface area (Å²) in [7, 11) is 1.52. The third-order valence-corrected chi connectivity index (χ3v) is 3.51. The van der Waals surface area contributed by atoms with Gasteiger partial charge in [0, 0.05) is 6.20 Å². The van der Waals surface area contributed by atoms with E-state index in [1.54, 1.807) is 49.4 Å². The molecule has 0 aliphatic rings. The molecule has 138 valence electrons. The first-order chi connectivity index (χ1) is 13.1. The van der Waals surface area contributed by atoms with Crippen molar-refractivity contribution in [3.63, 3.8) is 0 Å². The average molecular weight is 365 g/mol. The maximum absolute atomic E-state index is 12.4. The van der Waals surface area contributed by atoms with Gasteiger partial charge in [0.2, 0.25) is 0 Å². The first-order valence-electron chi connectivity index (χ1n) is 8.18. The highest BCUT2D eigenvalue weighted by molar-refractivity contribution is 6.09. The number of amides is 1. The molecule has 1 amide bonds. The molecule has 0 aliphatic heterocycles. The predicted molar refractivity (Wildman–Crippen MR) is 101 cm³/mol. The molecule has 0 fully saturated rings. The monoisotopic (exact) mass is 365 g/mol. The maximum atomic E-state index is 12.4. The molecule has 2 aromatic carbocycles. The van der Waals surface area contributed by atoms with Gasteiger partial charge in [0.05, 0.1) is 30.7 Å². The Kier molecular flexibility index (Phi) is 6.97. The summed E-state index contributed by atoms with van der Waals surface area (Å²) in [6, 6.07) is 15.4. The Bertz CT molecular complexity index is 900. The lowest BCUT2D eigenvalue weighted by molar-refractivity contribution is -0.112. The fourth-order valence-electron chi connectivity index (χ4n) is 2.23. The number of nitrogens with one attached hydrogen (secondary N) is 2. The number of nitrogens with zero attached hydrogens (tertiary/aromatic N) is 1. The molecule has 2 N–H and O–H groups in total. The number of nitriles is 1. The molecule has 2 rings (SSSR count). The summed E-state index contributed by atoms with van der Waals surface area (Å²) in [5, 5.41) is 14.7. The number of anilines is 2. The van der Waals surface area contributed by atoms with Crippen molar-refractivity contribution < 1.29 is 19.1 Å². The quantitative estimate of drug-likeness (QED) is 0.443. The molecule has 2 aromatic rings. The molecule has 27 heavy (non-hydrogen) atoms. The Balaban J connectivity index is 2.19. The molecular weight excluding hydrogens is 346 g/mol. The average Bonchev–Trinajstić information content (AvgIpc) is 2.69. The van der Waals surface area contributed by atoms with Crippen molar-refractivity contribution >= 4 is 23.3 Å². The number of para-hydroxylation sites is 3. The van der Waals surface area contributed by atoms with Crippen molar-refractivity contribution in [1.82, 2.24) is 0 Å². The van der Waals surface area contributed by atoms with E-state index in [0.717, 1.165) is 0 Å². The molecular formula is C20H19N3O4. The lowest BCUT2D eigenvalue weighted by Gasteiger charge is -2.10. The first-order valence-corrected chi connectivity index (χ1v) is 8.18. The van der Waals surface area contributed by atoms with Crippen molar-refractivity contribution in [2.45, 2.75) is 6.92 Å². The molecule has 0 saturated heterocycles. The van der Waals surface area contributed by atoms with Crippen molar-refractivity contribution in [2.75, 3.05) is 24.4 Å². The Morgan fingerprint density at radius 3 is 2.44 bits per heavy atom. The van der Waals surface area contributed by atoms with Gasteiger partial charge in [-0.15, -0.1) is 0 Å². The Morgan fingerprint density at radius 1 is 1.11 bits per heavy atom. The summed E-state index contributed by atoms with van der Waals surface area (Å²) in [4.78, 5) is 24.4. The van der Waals surface area contributed by atoms with Crippen LogP contribution in [0.1, 0.15) is 17.3 Å². The van der Waals surface area contributed by atoms with Gasteiger partial charge in [-0.1, -0.05) is 24.3 Å². The van der Waals surface area contributed by atoms with Gasteiger partial charge >= 0.3 is 5.97 Å². The van der Waals surface area contributed by atoms with Crippen LogP contribution in [0.2, 0.25) is 0 Å². The lowest BCUT2D eigenvalue weighted by Crippen LogP contribution is -2.17. The van der Waals surface area contributed by atoms with Crippen LogP contribution in [0.4, 0.5) is 11.4 Å². The molecule has 0 spiro atoms. The van der Waals surface area contributed by atoms with E-state index in [1.165, 1.54) is 19.4 Å². The van der Waals surface area contributed by atoms with Gasteiger partial charge in [-0.2, -0.15) is 5.26 Å². The highest BCUT2D eigenvalue weighted by Gasteiger charge is 2.16. The minimum absolute atomic E-state index is 0.167. The van der Waals surface area contributed by atoms with Crippen LogP contribution in [-0.4, -0.2) is 25.6 Å². The standard InChI is InChI=1S/C20H19N3O4/c1-3-27-20(25)15-8-4-5-9-16(15)23-19(24)14(12-21)13-22-17-10-6-7-11-18(17)26-2/h4-11,13,22H,3H2,1-2H3,(H,23,24)/b14-13-. The number of carbonyl (C=O) groups excluding carboxylic acids is 2. The van der Waals surface area contributed by atoms with Crippen molar-refractivity contribution in [3.05, 3.63) is 65.9 Å². The minimum atomic E-state index is -0.656. The highest BCUT2D eigenvalue weighted by atomic mass is 16.5. The van der Waals surface area contributed by atoms with E-state index >= 15 is 0 Å². The summed E-state index contributed by atoms with van der Waals surface area (Å²) in [5.41, 5.74) is 0.911. The number of carbonyl (C=O) groups is 2. The second-order valence-electron chi connectivity index (χ2n) is 5.23. The molecule has 0 aromatic heterocycles. The molecule has 0 saturated carbocycles. The second kappa shape index (κ2) is 9.63. The number of esters is 1. The summed E-state index contributed by atoms with van der Waals surface area (Å²) in [6.07, 6.45) is 1.28. The van der Waals surface area contributed by atoms with E-state index in [4.69, 9.17) is 9.47 Å². The van der Waals surface area contributed by atoms with Gasteiger partial charge in [0.25, 0.3) is 5.91 Å². The van der Waals surface area contributed by atoms with Gasteiger partial charge in [-0.05, 0) is 31.2 Å². The number of methoxy groups -OCH3 is 1. The van der Waals surface area contributed by atoms with Crippen molar-refractivity contribution in [3.8, 4) is 11.8 Å². The third kappa shape index (κ3) is 5.09. The summed E-state index contributed by atoms with van der Waals surface area (Å²) in [5.74, 6) is -0.640. The minimum Gasteiger partial charge on any atom is -0.495 e. The van der Waals surface area contributed by atoms with E-state index in [0.29, 0.717) is 11.4 Å². The zero-order chi connectivity index (χ0) is 19.6. The topological polar surface area (TPSA) is 100 Å². The predicted octanol–water partition coefficient (Wildman–Crippen LogP) is 3.33. The van der Waals surface area contributed by atoms with Gasteiger partial charge in [-0.25, -0.2) is 4.79 Å². The fraction of sp³-hybridized carbons (Fsp3) is 0.150. The normalized spacial score (nSPS) is 10.5. The number of rotatable bonds is 7. The van der Waals surface area contributed by atoms with Crippen LogP contribution < -0.4 is 15.4 Å². The van der Waals surface area contributed by atoms with Crippen molar-refractivity contribution in [2.24, 2.45) is 0 Å². The zero-order valence-corrected chi connectivity index (χ0v) is 15.0. The fourth-order valence-corrected chi connectivity index (χ4v) is 2.23. The van der Waals surface area contributed by atoms with E-state index in [2.05, 4.69) is 10.6 Å². The zero-order valence-electron chi connectivity index (χ0n) is 15.0. The molecule has 7 nitrogen and oxygen atoms in total. The van der Waals surface area contributed by atoms with E-state index in [9.17, 15) is 14.9 Å². The third-order valence-electron chi connectivity index (χ3n) is 3.51. The molecule has 0 radical (unpaired) electrons. The van der Waals surface area contributed by atoms with Gasteiger partial charge in [0.1, 0.15) is 17.4 Å². The van der Waals surface area contributed by atoms with Gasteiger partial charge in [-0.3, -0.25) is 4.79 Å². The van der Waals surface area contributed by atoms with Crippen LogP contribution in [0, 0.1) is 11.3 Å². The summed E-state index contributed by atoms with van der Waals surface area (Å²) < 4.78 is 10.2. The van der Waals surface area contributed by atoms with Crippen LogP contribution in [0.5, 0.6) is 5.75 Å². The number of ether oxygens (including phenoxy) is 2. The van der Waals surface area contributed by atoms with Crippen LogP contribution in [0.15, 0.2) is 60.3 Å². The lowest BCUT2D eigenvalue weighted by atomic mass is 10.1. The van der Waals surface area contributed by atoms with E-state index < -0.39 is 11.9 Å². The van der Waals surface area contributed by atoms with Crippen LogP contribution in [-0.2, 0) is 9.53 Å². The molecule has 7 heteroatoms. The van der Waals surface area contributed by atoms with E-state index in [1.807, 2.05) is 6.07 Å². The van der Waals surface area contributed by atoms with Crippen LogP contribution in [0.25, 0.3) is 0 Å². The van der Waals surface area contributed by atoms with Crippen LogP contribution >= 0.6 is 0 Å². The number of hydrogen-bond donors (Lipinski definition) is 2. The van der Waals surface area contributed by atoms with Gasteiger partial charge in [0.15, 0.2) is 0 Å². The van der Waals surface area contributed by atoms with Gasteiger partial charge < -0.3 is 20.1 Å². The Morgan fingerprint density at radius 2 is 1.78 bits per heavy atom. The SMILES string of the molecule is CCOC(=O)c1ccccc1NC(=O)/C(C#N)=C\Nc1ccccc1OC. The molecule has 0 atom stereocenters. The van der Waals surface area contributed by atoms with Crippen molar-refractivity contribution in [1.29, 1.82) is 5.26 Å². The number of benzene rings is 2. The molecule has 0 bridgehead atoms. The Hall–Kier alpha value is -3.79. The van der Waals surface area contributed by atoms with Crippen LogP contribution in [0.3, 0.4) is 0 Å². The first kappa shape index (κ1) is 19.5. The van der Waals surface area contributed by atoms with E-state index in [-0.39, 0.29) is 23.4 Å².